The number of sulfone groups is 1. The zero-order chi connectivity index (χ0) is 13.2. The number of benzene rings is 1. The maximum atomic E-state index is 11.8. The van der Waals surface area contributed by atoms with Crippen LogP contribution in [0.25, 0.3) is 0 Å². The Kier molecular flexibility index (Phi) is 3.92. The van der Waals surface area contributed by atoms with Gasteiger partial charge >= 0.3 is 0 Å². The minimum atomic E-state index is -3.44. The maximum absolute atomic E-state index is 11.8. The van der Waals surface area contributed by atoms with Crippen LogP contribution in [-0.2, 0) is 20.4 Å². The van der Waals surface area contributed by atoms with E-state index in [2.05, 4.69) is 5.32 Å². The molecule has 4 nitrogen and oxygen atoms in total. The van der Waals surface area contributed by atoms with Crippen LogP contribution in [0.5, 0.6) is 0 Å². The highest BCUT2D eigenvalue weighted by molar-refractivity contribution is 7.91. The summed E-state index contributed by atoms with van der Waals surface area (Å²) in [6.45, 7) is 0. The van der Waals surface area contributed by atoms with Crippen molar-refractivity contribution in [3.05, 3.63) is 34.9 Å². The van der Waals surface area contributed by atoms with Gasteiger partial charge in [0.25, 0.3) is 0 Å². The predicted octanol–water partition coefficient (Wildman–Crippen LogP) is 1.53. The quantitative estimate of drug-likeness (QED) is 0.893. The Labute approximate surface area is 111 Å². The second kappa shape index (κ2) is 5.28. The topological polar surface area (TPSA) is 63.2 Å². The second-order valence-electron chi connectivity index (χ2n) is 4.50. The van der Waals surface area contributed by atoms with Gasteiger partial charge in [0.05, 0.1) is 5.75 Å². The third-order valence-corrected chi connectivity index (χ3v) is 4.28. The van der Waals surface area contributed by atoms with Crippen molar-refractivity contribution in [1.82, 2.24) is 5.32 Å². The molecule has 1 aliphatic rings. The zero-order valence-corrected chi connectivity index (χ0v) is 11.3. The molecule has 1 aliphatic carbocycles. The van der Waals surface area contributed by atoms with Crippen molar-refractivity contribution in [2.75, 3.05) is 5.75 Å². The fraction of sp³-hybridized carbons (Fsp3) is 0.417. The lowest BCUT2D eigenvalue weighted by Crippen LogP contribution is -2.32. The number of rotatable bonds is 5. The van der Waals surface area contributed by atoms with E-state index in [0.717, 1.165) is 12.8 Å². The molecule has 0 spiro atoms. The van der Waals surface area contributed by atoms with Gasteiger partial charge in [-0.05, 0) is 30.5 Å². The van der Waals surface area contributed by atoms with E-state index in [-0.39, 0.29) is 11.8 Å². The van der Waals surface area contributed by atoms with E-state index in [4.69, 9.17) is 11.6 Å². The number of amides is 1. The van der Waals surface area contributed by atoms with Gasteiger partial charge in [-0.15, -0.1) is 0 Å². The Morgan fingerprint density at radius 2 is 2.11 bits per heavy atom. The van der Waals surface area contributed by atoms with Gasteiger partial charge in [0.15, 0.2) is 9.84 Å². The molecule has 0 unspecified atom stereocenters. The summed E-state index contributed by atoms with van der Waals surface area (Å²) in [6, 6.07) is 6.83. The van der Waals surface area contributed by atoms with Gasteiger partial charge < -0.3 is 5.32 Å². The van der Waals surface area contributed by atoms with Crippen molar-refractivity contribution in [3.63, 3.8) is 0 Å². The van der Waals surface area contributed by atoms with Crippen LogP contribution in [0.15, 0.2) is 24.3 Å². The monoisotopic (exact) mass is 287 g/mol. The summed E-state index contributed by atoms with van der Waals surface area (Å²) < 4.78 is 23.6. The Morgan fingerprint density at radius 3 is 2.72 bits per heavy atom. The molecule has 1 N–H and O–H groups in total. The molecule has 0 bridgehead atoms. The van der Waals surface area contributed by atoms with E-state index in [1.54, 1.807) is 24.3 Å². The molecule has 1 fully saturated rings. The van der Waals surface area contributed by atoms with E-state index in [1.807, 2.05) is 0 Å². The largest absolute Gasteiger partial charge is 0.352 e. The van der Waals surface area contributed by atoms with Crippen molar-refractivity contribution in [2.45, 2.75) is 24.6 Å². The third kappa shape index (κ3) is 4.31. The summed E-state index contributed by atoms with van der Waals surface area (Å²) in [5.41, 5.74) is 0.599. The fourth-order valence-corrected chi connectivity index (χ4v) is 3.11. The number of hydrogen-bond acceptors (Lipinski definition) is 3. The van der Waals surface area contributed by atoms with E-state index >= 15 is 0 Å². The van der Waals surface area contributed by atoms with Gasteiger partial charge in [0, 0.05) is 11.1 Å². The average Bonchev–Trinajstić information content (AvgIpc) is 2.99. The lowest BCUT2D eigenvalue weighted by atomic mass is 10.2. The third-order valence-electron chi connectivity index (χ3n) is 2.57. The Balaban J connectivity index is 1.95. The number of nitrogens with one attached hydrogen (secondary N) is 1. The van der Waals surface area contributed by atoms with Gasteiger partial charge in [0.1, 0.15) is 5.75 Å². The fourth-order valence-electron chi connectivity index (χ4n) is 1.63. The molecule has 1 aromatic carbocycles. The van der Waals surface area contributed by atoms with Crippen molar-refractivity contribution in [3.8, 4) is 0 Å². The van der Waals surface area contributed by atoms with Gasteiger partial charge in [-0.3, -0.25) is 4.79 Å². The van der Waals surface area contributed by atoms with Crippen molar-refractivity contribution >= 4 is 27.3 Å². The highest BCUT2D eigenvalue weighted by Crippen LogP contribution is 2.19. The molecule has 1 aromatic rings. The molecule has 1 saturated carbocycles. The van der Waals surface area contributed by atoms with Crippen LogP contribution in [0, 0.1) is 0 Å². The summed E-state index contributed by atoms with van der Waals surface area (Å²) in [5, 5.41) is 3.15. The molecule has 0 aliphatic heterocycles. The van der Waals surface area contributed by atoms with Crippen LogP contribution in [0.3, 0.4) is 0 Å². The van der Waals surface area contributed by atoms with Gasteiger partial charge in [-0.2, -0.15) is 0 Å². The summed E-state index contributed by atoms with van der Waals surface area (Å²) in [4.78, 5) is 11.4. The lowest BCUT2D eigenvalue weighted by Gasteiger charge is -2.05. The molecule has 2 rings (SSSR count). The smallest absolute Gasteiger partial charge is 0.235 e. The first-order chi connectivity index (χ1) is 8.44. The molecule has 0 saturated heterocycles. The molecule has 0 aromatic heterocycles. The maximum Gasteiger partial charge on any atom is 0.235 e. The van der Waals surface area contributed by atoms with Crippen LogP contribution in [0.4, 0.5) is 0 Å². The predicted molar refractivity (Wildman–Crippen MR) is 70.1 cm³/mol. The van der Waals surface area contributed by atoms with E-state index in [0.29, 0.717) is 10.6 Å². The minimum absolute atomic E-state index is 0.161. The highest BCUT2D eigenvalue weighted by atomic mass is 35.5. The normalized spacial score (nSPS) is 15.4. The zero-order valence-electron chi connectivity index (χ0n) is 9.73. The lowest BCUT2D eigenvalue weighted by molar-refractivity contribution is -0.118. The number of halogens is 1. The first kappa shape index (κ1) is 13.4. The first-order valence-corrected chi connectivity index (χ1v) is 7.89. The highest BCUT2D eigenvalue weighted by Gasteiger charge is 2.25. The number of hydrogen-bond donors (Lipinski definition) is 1. The SMILES string of the molecule is O=C(CS(=O)(=O)Cc1cccc(Cl)c1)NC1CC1. The molecule has 0 atom stereocenters. The summed E-state index contributed by atoms with van der Waals surface area (Å²) in [5.74, 6) is -1.04. The summed E-state index contributed by atoms with van der Waals surface area (Å²) in [6.07, 6.45) is 1.89. The molecular formula is C12H14ClNO3S. The average molecular weight is 288 g/mol. The molecule has 6 heteroatoms. The molecular weight excluding hydrogens is 274 g/mol. The molecule has 0 heterocycles. The Morgan fingerprint density at radius 1 is 1.39 bits per heavy atom. The Bertz CT molecular complexity index is 552. The standard InChI is InChI=1S/C12H14ClNO3S/c13-10-3-1-2-9(6-10)7-18(16,17)8-12(15)14-11-4-5-11/h1-3,6,11H,4-5,7-8H2,(H,14,15). The van der Waals surface area contributed by atoms with Gasteiger partial charge in [0.2, 0.25) is 5.91 Å². The van der Waals surface area contributed by atoms with Crippen molar-refractivity contribution in [2.24, 2.45) is 0 Å². The van der Waals surface area contributed by atoms with Crippen molar-refractivity contribution < 1.29 is 13.2 Å². The number of carbonyl (C=O) groups excluding carboxylic acids is 1. The van der Waals surface area contributed by atoms with Crippen molar-refractivity contribution in [1.29, 1.82) is 0 Å². The van der Waals surface area contributed by atoms with Crippen LogP contribution in [0.1, 0.15) is 18.4 Å². The molecule has 18 heavy (non-hydrogen) atoms. The van der Waals surface area contributed by atoms with Crippen LogP contribution < -0.4 is 5.32 Å². The van der Waals surface area contributed by atoms with Gasteiger partial charge in [-0.25, -0.2) is 8.42 Å². The van der Waals surface area contributed by atoms with Crippen LogP contribution in [-0.4, -0.2) is 26.1 Å². The molecule has 98 valence electrons. The van der Waals surface area contributed by atoms with Crippen LogP contribution >= 0.6 is 11.6 Å². The van der Waals surface area contributed by atoms with E-state index in [1.165, 1.54) is 0 Å². The minimum Gasteiger partial charge on any atom is -0.352 e. The van der Waals surface area contributed by atoms with Crippen LogP contribution in [0.2, 0.25) is 5.02 Å². The summed E-state index contributed by atoms with van der Waals surface area (Å²) in [7, 11) is -3.44. The molecule has 0 radical (unpaired) electrons. The van der Waals surface area contributed by atoms with E-state index < -0.39 is 21.5 Å². The summed E-state index contributed by atoms with van der Waals surface area (Å²) >= 11 is 5.78. The molecule has 1 amide bonds. The number of carbonyl (C=O) groups is 1. The van der Waals surface area contributed by atoms with E-state index in [9.17, 15) is 13.2 Å². The Hall–Kier alpha value is -1.07. The van der Waals surface area contributed by atoms with Gasteiger partial charge in [-0.1, -0.05) is 23.7 Å². The second-order valence-corrected chi connectivity index (χ2v) is 7.00. The first-order valence-electron chi connectivity index (χ1n) is 5.69.